The van der Waals surface area contributed by atoms with Crippen molar-refractivity contribution in [2.24, 2.45) is 0 Å². The van der Waals surface area contributed by atoms with Gasteiger partial charge in [0.25, 0.3) is 0 Å². The van der Waals surface area contributed by atoms with Gasteiger partial charge in [-0.2, -0.15) is 0 Å². The zero-order valence-electron chi connectivity index (χ0n) is 12.4. The first-order valence-electron chi connectivity index (χ1n) is 7.06. The fourth-order valence-electron chi connectivity index (χ4n) is 1.67. The number of rotatable bonds is 11. The van der Waals surface area contributed by atoms with Gasteiger partial charge in [0.2, 0.25) is 6.29 Å². The largest absolute Gasteiger partial charge is 0.462 e. The Balaban J connectivity index is 2.46. The third-order valence-corrected chi connectivity index (χ3v) is 2.62. The average molecular weight is 279 g/mol. The van der Waals surface area contributed by atoms with E-state index in [4.69, 9.17) is 14.2 Å². The van der Waals surface area contributed by atoms with Gasteiger partial charge in [0.05, 0.1) is 0 Å². The van der Waals surface area contributed by atoms with E-state index in [0.29, 0.717) is 19.8 Å². The van der Waals surface area contributed by atoms with Crippen LogP contribution in [0.2, 0.25) is 0 Å². The van der Waals surface area contributed by atoms with Crippen molar-refractivity contribution in [3.05, 3.63) is 42.5 Å². The van der Waals surface area contributed by atoms with E-state index in [-0.39, 0.29) is 6.29 Å². The molecule has 0 saturated heterocycles. The summed E-state index contributed by atoms with van der Waals surface area (Å²) < 4.78 is 16.6. The molecule has 4 heteroatoms. The average Bonchev–Trinajstić information content (AvgIpc) is 2.47. The molecule has 1 rings (SSSR count). The summed E-state index contributed by atoms with van der Waals surface area (Å²) in [6.07, 6.45) is 1.49. The van der Waals surface area contributed by atoms with E-state index in [0.717, 1.165) is 18.8 Å². The summed E-state index contributed by atoms with van der Waals surface area (Å²) in [5, 5.41) is 3.26. The van der Waals surface area contributed by atoms with Crippen LogP contribution >= 0.6 is 0 Å². The van der Waals surface area contributed by atoms with Crippen molar-refractivity contribution < 1.29 is 14.2 Å². The van der Waals surface area contributed by atoms with Crippen LogP contribution in [0, 0.1) is 0 Å². The van der Waals surface area contributed by atoms with Gasteiger partial charge in [0.1, 0.15) is 12.4 Å². The van der Waals surface area contributed by atoms with Crippen LogP contribution in [0.4, 0.5) is 0 Å². The molecule has 1 N–H and O–H groups in total. The monoisotopic (exact) mass is 279 g/mol. The Hall–Kier alpha value is -1.36. The molecule has 0 spiro atoms. The molecule has 0 aromatic heterocycles. The fraction of sp³-hybridized carbons (Fsp3) is 0.500. The van der Waals surface area contributed by atoms with Crippen molar-refractivity contribution in [2.75, 3.05) is 26.4 Å². The molecule has 1 atom stereocenters. The Morgan fingerprint density at radius 1 is 1.20 bits per heavy atom. The van der Waals surface area contributed by atoms with Crippen LogP contribution in [0.3, 0.4) is 0 Å². The van der Waals surface area contributed by atoms with E-state index in [1.807, 2.05) is 44.2 Å². The summed E-state index contributed by atoms with van der Waals surface area (Å²) in [6.45, 7) is 10.9. The molecule has 0 heterocycles. The lowest BCUT2D eigenvalue weighted by molar-refractivity contribution is -0.116. The van der Waals surface area contributed by atoms with E-state index in [2.05, 4.69) is 11.9 Å². The highest BCUT2D eigenvalue weighted by Gasteiger charge is 2.10. The zero-order valence-corrected chi connectivity index (χ0v) is 12.4. The molecule has 0 amide bonds. The number of ether oxygens (including phenoxy) is 3. The minimum atomic E-state index is -0.357. The standard InChI is InChI=1S/C16H25NO3/c1-4-11-17-12-14-7-9-15(10-8-14)20-16(19-6-3)13-18-5-2/h4,7-10,16-17H,1,5-6,11-13H2,2-3H3. The highest BCUT2D eigenvalue weighted by atomic mass is 16.7. The summed E-state index contributed by atoms with van der Waals surface area (Å²) >= 11 is 0. The topological polar surface area (TPSA) is 39.7 Å². The third-order valence-electron chi connectivity index (χ3n) is 2.62. The zero-order chi connectivity index (χ0) is 14.6. The molecule has 4 nitrogen and oxygen atoms in total. The highest BCUT2D eigenvalue weighted by molar-refractivity contribution is 5.27. The summed E-state index contributed by atoms with van der Waals surface area (Å²) in [6, 6.07) is 7.97. The van der Waals surface area contributed by atoms with Gasteiger partial charge in [0.15, 0.2) is 0 Å². The van der Waals surface area contributed by atoms with Gasteiger partial charge in [-0.3, -0.25) is 0 Å². The molecule has 0 saturated carbocycles. The highest BCUT2D eigenvalue weighted by Crippen LogP contribution is 2.14. The van der Waals surface area contributed by atoms with Crippen molar-refractivity contribution >= 4 is 0 Å². The van der Waals surface area contributed by atoms with Gasteiger partial charge in [-0.05, 0) is 31.5 Å². The number of nitrogens with one attached hydrogen (secondary N) is 1. The smallest absolute Gasteiger partial charge is 0.223 e. The Morgan fingerprint density at radius 2 is 1.95 bits per heavy atom. The van der Waals surface area contributed by atoms with Crippen molar-refractivity contribution in [1.29, 1.82) is 0 Å². The molecule has 0 radical (unpaired) electrons. The molecule has 0 aliphatic rings. The normalized spacial score (nSPS) is 12.1. The van der Waals surface area contributed by atoms with Gasteiger partial charge < -0.3 is 19.5 Å². The number of hydrogen-bond acceptors (Lipinski definition) is 4. The molecule has 1 unspecified atom stereocenters. The van der Waals surface area contributed by atoms with E-state index >= 15 is 0 Å². The Kier molecular flexibility index (Phi) is 8.71. The summed E-state index contributed by atoms with van der Waals surface area (Å²) in [7, 11) is 0. The van der Waals surface area contributed by atoms with Crippen molar-refractivity contribution in [3.8, 4) is 5.75 Å². The van der Waals surface area contributed by atoms with Gasteiger partial charge in [0, 0.05) is 26.3 Å². The Labute approximate surface area is 121 Å². The van der Waals surface area contributed by atoms with Crippen LogP contribution in [0.25, 0.3) is 0 Å². The maximum Gasteiger partial charge on any atom is 0.223 e. The Bertz CT molecular complexity index is 364. The molecule has 20 heavy (non-hydrogen) atoms. The van der Waals surface area contributed by atoms with Crippen LogP contribution in [-0.4, -0.2) is 32.7 Å². The quantitative estimate of drug-likeness (QED) is 0.384. The molecule has 1 aromatic rings. The van der Waals surface area contributed by atoms with Crippen LogP contribution in [-0.2, 0) is 16.0 Å². The molecule has 112 valence electrons. The van der Waals surface area contributed by atoms with Crippen molar-refractivity contribution in [1.82, 2.24) is 5.32 Å². The summed E-state index contributed by atoms with van der Waals surface area (Å²) in [5.41, 5.74) is 1.21. The van der Waals surface area contributed by atoms with Gasteiger partial charge in [-0.25, -0.2) is 0 Å². The molecule has 0 aliphatic heterocycles. The molecule has 0 bridgehead atoms. The summed E-state index contributed by atoms with van der Waals surface area (Å²) in [5.74, 6) is 0.788. The SMILES string of the molecule is C=CCNCc1ccc(OC(COCC)OCC)cc1. The second kappa shape index (κ2) is 10.4. The minimum Gasteiger partial charge on any atom is -0.462 e. The van der Waals surface area contributed by atoms with Crippen LogP contribution in [0.1, 0.15) is 19.4 Å². The van der Waals surface area contributed by atoms with Crippen LogP contribution in [0.15, 0.2) is 36.9 Å². The minimum absolute atomic E-state index is 0.357. The molecule has 1 aromatic carbocycles. The van der Waals surface area contributed by atoms with E-state index in [1.54, 1.807) is 0 Å². The van der Waals surface area contributed by atoms with Gasteiger partial charge >= 0.3 is 0 Å². The van der Waals surface area contributed by atoms with Crippen LogP contribution in [0.5, 0.6) is 5.75 Å². The lowest BCUT2D eigenvalue weighted by Crippen LogP contribution is -2.26. The van der Waals surface area contributed by atoms with Crippen molar-refractivity contribution in [2.45, 2.75) is 26.7 Å². The van der Waals surface area contributed by atoms with Crippen molar-refractivity contribution in [3.63, 3.8) is 0 Å². The second-order valence-corrected chi connectivity index (χ2v) is 4.23. The lowest BCUT2D eigenvalue weighted by atomic mass is 10.2. The molecular weight excluding hydrogens is 254 g/mol. The predicted octanol–water partition coefficient (Wildman–Crippen LogP) is 2.74. The first-order valence-corrected chi connectivity index (χ1v) is 7.06. The number of benzene rings is 1. The maximum atomic E-state index is 5.75. The van der Waals surface area contributed by atoms with E-state index in [1.165, 1.54) is 5.56 Å². The molecular formula is C16H25NO3. The first kappa shape index (κ1) is 16.7. The van der Waals surface area contributed by atoms with Gasteiger partial charge in [-0.15, -0.1) is 6.58 Å². The van der Waals surface area contributed by atoms with Crippen LogP contribution < -0.4 is 10.1 Å². The Morgan fingerprint density at radius 3 is 2.55 bits per heavy atom. The summed E-state index contributed by atoms with van der Waals surface area (Å²) in [4.78, 5) is 0. The lowest BCUT2D eigenvalue weighted by Gasteiger charge is -2.18. The fourth-order valence-corrected chi connectivity index (χ4v) is 1.67. The number of hydrogen-bond donors (Lipinski definition) is 1. The van der Waals surface area contributed by atoms with E-state index < -0.39 is 0 Å². The second-order valence-electron chi connectivity index (χ2n) is 4.23. The van der Waals surface area contributed by atoms with Gasteiger partial charge in [-0.1, -0.05) is 18.2 Å². The maximum absolute atomic E-state index is 5.75. The molecule has 0 fully saturated rings. The molecule has 0 aliphatic carbocycles. The first-order chi connectivity index (χ1) is 9.80. The van der Waals surface area contributed by atoms with E-state index in [9.17, 15) is 0 Å². The predicted molar refractivity (Wildman–Crippen MR) is 80.9 cm³/mol. The third kappa shape index (κ3) is 6.70.